The third-order valence-corrected chi connectivity index (χ3v) is 6.68. The normalized spacial score (nSPS) is 11.8. The van der Waals surface area contributed by atoms with E-state index in [0.29, 0.717) is 32.8 Å². The van der Waals surface area contributed by atoms with Crippen molar-refractivity contribution in [1.82, 2.24) is 9.36 Å². The molecule has 0 fully saturated rings. The molecule has 0 aliphatic rings. The summed E-state index contributed by atoms with van der Waals surface area (Å²) < 4.78 is 33.1. The van der Waals surface area contributed by atoms with E-state index >= 15 is 0 Å². The zero-order chi connectivity index (χ0) is 24.0. The first kappa shape index (κ1) is 24.9. The lowest BCUT2D eigenvalue weighted by atomic mass is 10.2. The molecule has 0 amide bonds. The number of carbonyl (C=O) groups is 1. The molecule has 1 heterocycles. The summed E-state index contributed by atoms with van der Waals surface area (Å²) in [5.74, 6) is -0.348. The first-order chi connectivity index (χ1) is 15.7. The van der Waals surface area contributed by atoms with E-state index in [9.17, 15) is 13.2 Å². The van der Waals surface area contributed by atoms with Crippen LogP contribution < -0.4 is 5.32 Å². The average Bonchev–Trinajstić information content (AvgIpc) is 3.28. The standard InChI is InChI=1S/C21H19ClN4O4S3/c1-31-12-30-21(27)16(23)11-18(24-17-9-4-3-8-15(17)22)20-25-19(26-32-20)13-6-5-7-14(10-13)33(2,28)29/h3-11,23-24H,12H2,1-2H3/b18-11-,23-16?. The Morgan fingerprint density at radius 3 is 2.73 bits per heavy atom. The molecule has 0 bridgehead atoms. The van der Waals surface area contributed by atoms with Crippen LogP contribution in [-0.2, 0) is 19.4 Å². The van der Waals surface area contributed by atoms with Gasteiger partial charge in [-0.15, -0.1) is 11.8 Å². The van der Waals surface area contributed by atoms with Crippen molar-refractivity contribution in [1.29, 1.82) is 5.41 Å². The van der Waals surface area contributed by atoms with Crippen LogP contribution in [0, 0.1) is 5.41 Å². The van der Waals surface area contributed by atoms with E-state index < -0.39 is 15.8 Å². The van der Waals surface area contributed by atoms with Gasteiger partial charge in [0, 0.05) is 11.8 Å². The van der Waals surface area contributed by atoms with Crippen molar-refractivity contribution in [3.8, 4) is 11.4 Å². The summed E-state index contributed by atoms with van der Waals surface area (Å²) in [6, 6.07) is 13.3. The number of benzene rings is 2. The Balaban J connectivity index is 1.99. The maximum absolute atomic E-state index is 12.1. The summed E-state index contributed by atoms with van der Waals surface area (Å²) in [7, 11) is -3.39. The molecule has 8 nitrogen and oxygen atoms in total. The van der Waals surface area contributed by atoms with Crippen LogP contribution in [0.25, 0.3) is 17.1 Å². The molecule has 0 spiro atoms. The molecule has 0 saturated heterocycles. The van der Waals surface area contributed by atoms with Gasteiger partial charge in [-0.1, -0.05) is 35.9 Å². The number of hydrogen-bond acceptors (Lipinski definition) is 10. The molecular formula is C21H19ClN4O4S3. The summed E-state index contributed by atoms with van der Waals surface area (Å²) >= 11 is 8.60. The maximum Gasteiger partial charge on any atom is 0.357 e. The third-order valence-electron chi connectivity index (χ3n) is 4.14. The molecule has 0 atom stereocenters. The monoisotopic (exact) mass is 522 g/mol. The Bertz CT molecular complexity index is 1320. The highest BCUT2D eigenvalue weighted by Gasteiger charge is 2.17. The van der Waals surface area contributed by atoms with Crippen LogP contribution >= 0.6 is 34.9 Å². The smallest absolute Gasteiger partial charge is 0.357 e. The van der Waals surface area contributed by atoms with Crippen molar-refractivity contribution in [3.05, 3.63) is 64.6 Å². The fourth-order valence-corrected chi connectivity index (χ4v) is 4.30. The summed E-state index contributed by atoms with van der Waals surface area (Å²) in [6.07, 6.45) is 4.20. The summed E-state index contributed by atoms with van der Waals surface area (Å²) in [5, 5.41) is 12.0. The van der Waals surface area contributed by atoms with Gasteiger partial charge in [0.1, 0.15) is 11.7 Å². The maximum atomic E-state index is 12.1. The fourth-order valence-electron chi connectivity index (χ4n) is 2.57. The number of hydrogen-bond donors (Lipinski definition) is 2. The Morgan fingerprint density at radius 1 is 1.27 bits per heavy atom. The lowest BCUT2D eigenvalue weighted by molar-refractivity contribution is -0.133. The molecule has 2 aromatic carbocycles. The summed E-state index contributed by atoms with van der Waals surface area (Å²) in [5.41, 5.74) is 1.00. The minimum Gasteiger partial charge on any atom is -0.450 e. The Hall–Kier alpha value is -2.73. The van der Waals surface area contributed by atoms with Gasteiger partial charge in [-0.3, -0.25) is 5.41 Å². The lowest BCUT2D eigenvalue weighted by Gasteiger charge is -2.10. The molecule has 33 heavy (non-hydrogen) atoms. The van der Waals surface area contributed by atoms with E-state index in [0.717, 1.165) is 17.8 Å². The molecule has 172 valence electrons. The molecule has 1 aromatic heterocycles. The predicted octanol–water partition coefficient (Wildman–Crippen LogP) is 4.60. The van der Waals surface area contributed by atoms with E-state index in [1.807, 2.05) is 0 Å². The predicted molar refractivity (Wildman–Crippen MR) is 134 cm³/mol. The number of sulfone groups is 1. The van der Waals surface area contributed by atoms with Crippen LogP contribution in [0.15, 0.2) is 59.5 Å². The van der Waals surface area contributed by atoms with Crippen molar-refractivity contribution >= 4 is 67.8 Å². The Morgan fingerprint density at radius 2 is 2.03 bits per heavy atom. The van der Waals surface area contributed by atoms with Gasteiger partial charge < -0.3 is 10.1 Å². The second-order valence-corrected chi connectivity index (χ2v) is 10.6. The number of carbonyl (C=O) groups excluding carboxylic acids is 1. The lowest BCUT2D eigenvalue weighted by Crippen LogP contribution is -2.15. The number of nitrogens with zero attached hydrogens (tertiary/aromatic N) is 2. The largest absolute Gasteiger partial charge is 0.450 e. The topological polar surface area (TPSA) is 122 Å². The van der Waals surface area contributed by atoms with Gasteiger partial charge in [0.15, 0.2) is 20.7 Å². The van der Waals surface area contributed by atoms with Crippen molar-refractivity contribution in [3.63, 3.8) is 0 Å². The van der Waals surface area contributed by atoms with Crippen LogP contribution in [0.2, 0.25) is 5.02 Å². The van der Waals surface area contributed by atoms with Crippen LogP contribution in [0.1, 0.15) is 5.01 Å². The van der Waals surface area contributed by atoms with Crippen LogP contribution in [0.5, 0.6) is 0 Å². The first-order valence-electron chi connectivity index (χ1n) is 9.31. The number of aromatic nitrogens is 2. The molecule has 0 aliphatic carbocycles. The van der Waals surface area contributed by atoms with E-state index in [2.05, 4.69) is 14.7 Å². The van der Waals surface area contributed by atoms with Gasteiger partial charge in [0.05, 0.1) is 21.3 Å². The Kier molecular flexibility index (Phi) is 8.25. The highest BCUT2D eigenvalue weighted by atomic mass is 35.5. The van der Waals surface area contributed by atoms with Gasteiger partial charge in [-0.2, -0.15) is 4.37 Å². The highest BCUT2D eigenvalue weighted by Crippen LogP contribution is 2.28. The van der Waals surface area contributed by atoms with Gasteiger partial charge in [-0.25, -0.2) is 18.2 Å². The number of thioether (sulfide) groups is 1. The van der Waals surface area contributed by atoms with Gasteiger partial charge >= 0.3 is 5.97 Å². The SMILES string of the molecule is CSCOC(=O)C(=N)/C=C(\Nc1ccccc1Cl)c1nc(-c2cccc(S(C)(=O)=O)c2)ns1. The van der Waals surface area contributed by atoms with Crippen molar-refractivity contribution < 1.29 is 17.9 Å². The molecule has 2 N–H and O–H groups in total. The minimum absolute atomic E-state index is 0.127. The molecule has 3 rings (SSSR count). The van der Waals surface area contributed by atoms with E-state index in [4.69, 9.17) is 21.7 Å². The second kappa shape index (κ2) is 10.9. The zero-order valence-electron chi connectivity index (χ0n) is 17.5. The van der Waals surface area contributed by atoms with Gasteiger partial charge in [-0.05, 0) is 48.1 Å². The Labute approximate surface area is 204 Å². The minimum atomic E-state index is -3.39. The average molecular weight is 523 g/mol. The summed E-state index contributed by atoms with van der Waals surface area (Å²) in [4.78, 5) is 16.7. The van der Waals surface area contributed by atoms with Crippen LogP contribution in [0.3, 0.4) is 0 Å². The van der Waals surface area contributed by atoms with Gasteiger partial charge in [0.2, 0.25) is 0 Å². The van der Waals surface area contributed by atoms with Crippen LogP contribution in [0.4, 0.5) is 5.69 Å². The number of para-hydroxylation sites is 1. The first-order valence-corrected chi connectivity index (χ1v) is 13.7. The molecule has 0 unspecified atom stereocenters. The molecule has 0 aliphatic heterocycles. The molecular weight excluding hydrogens is 504 g/mol. The fraction of sp³-hybridized carbons (Fsp3) is 0.143. The van der Waals surface area contributed by atoms with Crippen LogP contribution in [-0.4, -0.2) is 47.9 Å². The zero-order valence-corrected chi connectivity index (χ0v) is 20.7. The molecule has 0 saturated carbocycles. The third kappa shape index (κ3) is 6.64. The number of rotatable bonds is 9. The van der Waals surface area contributed by atoms with Crippen molar-refractivity contribution in [2.45, 2.75) is 4.90 Å². The van der Waals surface area contributed by atoms with Crippen molar-refractivity contribution in [2.75, 3.05) is 23.8 Å². The quantitative estimate of drug-likeness (QED) is 0.237. The molecule has 12 heteroatoms. The number of anilines is 1. The van der Waals surface area contributed by atoms with Gasteiger partial charge in [0.25, 0.3) is 0 Å². The number of ether oxygens (including phenoxy) is 1. The number of nitrogens with one attached hydrogen (secondary N) is 2. The van der Waals surface area contributed by atoms with E-state index in [1.54, 1.807) is 42.7 Å². The molecule has 3 aromatic rings. The van der Waals surface area contributed by atoms with Crippen molar-refractivity contribution in [2.24, 2.45) is 0 Å². The van der Waals surface area contributed by atoms with E-state index in [1.165, 1.54) is 30.0 Å². The summed E-state index contributed by atoms with van der Waals surface area (Å²) in [6.45, 7) is 0. The van der Waals surface area contributed by atoms with E-state index in [-0.39, 0.29) is 16.5 Å². The molecule has 0 radical (unpaired) electrons. The highest BCUT2D eigenvalue weighted by molar-refractivity contribution is 7.98. The second-order valence-electron chi connectivity index (χ2n) is 6.64. The number of halogens is 1. The number of esters is 1.